The van der Waals surface area contributed by atoms with Crippen molar-refractivity contribution in [2.75, 3.05) is 34.2 Å². The van der Waals surface area contributed by atoms with Crippen LogP contribution in [0.25, 0.3) is 12.2 Å². The maximum Gasteiger partial charge on any atom is 0.239 e. The molecule has 0 heterocycles. The van der Waals surface area contributed by atoms with Crippen LogP contribution in [-0.4, -0.2) is 48.4 Å². The monoisotopic (exact) mass is 447 g/mol. The predicted molar refractivity (Wildman–Crippen MR) is 119 cm³/mol. The third-order valence-corrected chi connectivity index (χ3v) is 5.36. The van der Waals surface area contributed by atoms with Gasteiger partial charge >= 0.3 is 0 Å². The highest BCUT2D eigenvalue weighted by Crippen LogP contribution is 2.30. The van der Waals surface area contributed by atoms with Crippen LogP contribution < -0.4 is 23.7 Å². The summed E-state index contributed by atoms with van der Waals surface area (Å²) in [5, 5.41) is 0. The summed E-state index contributed by atoms with van der Waals surface area (Å²) in [6.45, 7) is 0. The lowest BCUT2D eigenvalue weighted by Gasteiger charge is -2.10. The molecule has 0 unspecified atom stereocenters. The summed E-state index contributed by atoms with van der Waals surface area (Å²) in [6, 6.07) is 10.4. The fraction of sp³-hybridized carbons (Fsp3) is 0.227. The SMILES string of the molecule is COc1cccc(OC)c1/C=C\C(=O)CS(=O)(=O)N/C=C/c1c(OC)cccc1OC. The molecule has 0 spiro atoms. The summed E-state index contributed by atoms with van der Waals surface area (Å²) in [4.78, 5) is 12.2. The van der Waals surface area contributed by atoms with Crippen molar-refractivity contribution >= 4 is 28.0 Å². The molecule has 166 valence electrons. The summed E-state index contributed by atoms with van der Waals surface area (Å²) < 4.78 is 47.8. The minimum absolute atomic E-state index is 0.498. The number of carbonyl (C=O) groups excluding carboxylic acids is 1. The molecule has 0 amide bonds. The summed E-state index contributed by atoms with van der Waals surface area (Å²) in [5.41, 5.74) is 1.10. The second-order valence-corrected chi connectivity index (χ2v) is 7.92. The van der Waals surface area contributed by atoms with Gasteiger partial charge in [0.1, 0.15) is 28.8 Å². The number of hydrogen-bond acceptors (Lipinski definition) is 7. The van der Waals surface area contributed by atoms with Gasteiger partial charge in [-0.3, -0.25) is 9.52 Å². The van der Waals surface area contributed by atoms with Crippen LogP contribution in [0.3, 0.4) is 0 Å². The molecule has 2 aromatic carbocycles. The Morgan fingerprint density at radius 2 is 1.23 bits per heavy atom. The van der Waals surface area contributed by atoms with E-state index >= 15 is 0 Å². The average Bonchev–Trinajstić information content (AvgIpc) is 2.76. The smallest absolute Gasteiger partial charge is 0.239 e. The lowest BCUT2D eigenvalue weighted by Crippen LogP contribution is -2.25. The van der Waals surface area contributed by atoms with E-state index in [1.807, 2.05) is 0 Å². The Morgan fingerprint density at radius 3 is 1.65 bits per heavy atom. The first-order valence-corrected chi connectivity index (χ1v) is 10.8. The number of rotatable bonds is 11. The van der Waals surface area contributed by atoms with Gasteiger partial charge in [-0.2, -0.15) is 0 Å². The molecule has 0 aliphatic rings. The van der Waals surface area contributed by atoms with Gasteiger partial charge < -0.3 is 18.9 Å². The van der Waals surface area contributed by atoms with E-state index in [0.717, 1.165) is 0 Å². The van der Waals surface area contributed by atoms with Crippen LogP contribution in [0.2, 0.25) is 0 Å². The minimum Gasteiger partial charge on any atom is -0.496 e. The highest BCUT2D eigenvalue weighted by atomic mass is 32.2. The zero-order chi connectivity index (χ0) is 22.9. The summed E-state index contributed by atoms with van der Waals surface area (Å²) >= 11 is 0. The van der Waals surface area contributed by atoms with Crippen LogP contribution in [0.5, 0.6) is 23.0 Å². The number of ether oxygens (including phenoxy) is 4. The first-order chi connectivity index (χ1) is 14.8. The van der Waals surface area contributed by atoms with Gasteiger partial charge in [0.2, 0.25) is 10.0 Å². The summed E-state index contributed by atoms with van der Waals surface area (Å²) in [5.74, 6) is 0.688. The molecule has 0 aromatic heterocycles. The maximum atomic E-state index is 12.3. The molecular weight excluding hydrogens is 422 g/mol. The van der Waals surface area contributed by atoms with E-state index in [4.69, 9.17) is 18.9 Å². The number of carbonyl (C=O) groups is 1. The van der Waals surface area contributed by atoms with Crippen molar-refractivity contribution in [3.8, 4) is 23.0 Å². The van der Waals surface area contributed by atoms with Gasteiger partial charge in [-0.1, -0.05) is 12.1 Å². The van der Waals surface area contributed by atoms with E-state index in [-0.39, 0.29) is 0 Å². The molecule has 31 heavy (non-hydrogen) atoms. The molecule has 0 bridgehead atoms. The third-order valence-electron chi connectivity index (χ3n) is 4.20. The van der Waals surface area contributed by atoms with Crippen molar-refractivity contribution in [1.82, 2.24) is 4.72 Å². The first-order valence-electron chi connectivity index (χ1n) is 9.14. The summed E-state index contributed by atoms with van der Waals surface area (Å²) in [6.07, 6.45) is 5.35. The van der Waals surface area contributed by atoms with Crippen molar-refractivity contribution < 1.29 is 32.2 Å². The topological polar surface area (TPSA) is 100 Å². The Hall–Kier alpha value is -3.46. The van der Waals surface area contributed by atoms with Crippen LogP contribution in [0.1, 0.15) is 11.1 Å². The fourth-order valence-electron chi connectivity index (χ4n) is 2.76. The van der Waals surface area contributed by atoms with Gasteiger partial charge in [0, 0.05) is 6.20 Å². The molecule has 0 aliphatic heterocycles. The number of methoxy groups -OCH3 is 4. The molecule has 0 aliphatic carbocycles. The van der Waals surface area contributed by atoms with E-state index in [0.29, 0.717) is 34.1 Å². The van der Waals surface area contributed by atoms with Gasteiger partial charge in [-0.05, 0) is 42.5 Å². The quantitative estimate of drug-likeness (QED) is 0.529. The van der Waals surface area contributed by atoms with Gasteiger partial charge in [0.05, 0.1) is 39.6 Å². The Bertz CT molecular complexity index is 1030. The number of hydrogen-bond donors (Lipinski definition) is 1. The predicted octanol–water partition coefficient (Wildman–Crippen LogP) is 2.89. The zero-order valence-corrected chi connectivity index (χ0v) is 18.6. The van der Waals surface area contributed by atoms with E-state index in [1.165, 1.54) is 52.9 Å². The molecule has 0 atom stereocenters. The van der Waals surface area contributed by atoms with Crippen molar-refractivity contribution in [3.05, 3.63) is 59.8 Å². The van der Waals surface area contributed by atoms with Crippen LogP contribution in [-0.2, 0) is 14.8 Å². The maximum absolute atomic E-state index is 12.3. The van der Waals surface area contributed by atoms with Gasteiger partial charge in [0.15, 0.2) is 5.78 Å². The first kappa shape index (κ1) is 23.8. The number of nitrogens with one attached hydrogen (secondary N) is 1. The number of ketones is 1. The van der Waals surface area contributed by atoms with Gasteiger partial charge in [-0.25, -0.2) is 8.42 Å². The Balaban J connectivity index is 2.10. The Kier molecular flexibility index (Phi) is 8.51. The van der Waals surface area contributed by atoms with E-state index in [9.17, 15) is 13.2 Å². The summed E-state index contributed by atoms with van der Waals surface area (Å²) in [7, 11) is 2.07. The van der Waals surface area contributed by atoms with Crippen LogP contribution in [0.15, 0.2) is 48.7 Å². The van der Waals surface area contributed by atoms with E-state index in [2.05, 4.69) is 4.72 Å². The van der Waals surface area contributed by atoms with Crippen LogP contribution >= 0.6 is 0 Å². The second kappa shape index (κ2) is 11.1. The number of benzene rings is 2. The minimum atomic E-state index is -3.91. The highest BCUT2D eigenvalue weighted by molar-refractivity contribution is 7.90. The molecule has 2 aromatic rings. The van der Waals surface area contributed by atoms with Crippen molar-refractivity contribution in [1.29, 1.82) is 0 Å². The van der Waals surface area contributed by atoms with Crippen molar-refractivity contribution in [2.24, 2.45) is 0 Å². The van der Waals surface area contributed by atoms with Crippen LogP contribution in [0, 0.1) is 0 Å². The second-order valence-electron chi connectivity index (χ2n) is 6.16. The Labute approximate surface area is 182 Å². The number of allylic oxidation sites excluding steroid dienone is 1. The highest BCUT2D eigenvalue weighted by Gasteiger charge is 2.14. The van der Waals surface area contributed by atoms with Crippen LogP contribution in [0.4, 0.5) is 0 Å². The Morgan fingerprint density at radius 1 is 0.806 bits per heavy atom. The molecule has 0 radical (unpaired) electrons. The molecule has 0 fully saturated rings. The van der Waals surface area contributed by atoms with Crippen molar-refractivity contribution in [3.63, 3.8) is 0 Å². The molecule has 1 N–H and O–H groups in total. The number of sulfonamides is 1. The largest absolute Gasteiger partial charge is 0.496 e. The normalized spacial score (nSPS) is 11.5. The molecule has 0 saturated heterocycles. The third kappa shape index (κ3) is 6.51. The molecule has 0 saturated carbocycles. The van der Waals surface area contributed by atoms with Gasteiger partial charge in [0.25, 0.3) is 0 Å². The van der Waals surface area contributed by atoms with E-state index < -0.39 is 21.6 Å². The molecule has 8 nitrogen and oxygen atoms in total. The lowest BCUT2D eigenvalue weighted by atomic mass is 10.1. The van der Waals surface area contributed by atoms with E-state index in [1.54, 1.807) is 36.4 Å². The molecule has 2 rings (SSSR count). The zero-order valence-electron chi connectivity index (χ0n) is 17.7. The van der Waals surface area contributed by atoms with Gasteiger partial charge in [-0.15, -0.1) is 0 Å². The fourth-order valence-corrected chi connectivity index (χ4v) is 3.59. The van der Waals surface area contributed by atoms with Crippen molar-refractivity contribution in [2.45, 2.75) is 0 Å². The molecule has 9 heteroatoms. The molecular formula is C22H25NO7S. The average molecular weight is 448 g/mol. The lowest BCUT2D eigenvalue weighted by molar-refractivity contribution is -0.112. The standard InChI is InChI=1S/C22H25NO7S/c1-27-19-7-5-8-20(28-2)17(19)12-11-16(24)15-31(25,26)23-14-13-18-21(29-3)9-6-10-22(18)30-4/h5-14,23H,15H2,1-4H3/b12-11-,14-13+.